The molecule has 0 unspecified atom stereocenters. The van der Waals surface area contributed by atoms with Crippen LogP contribution in [-0.2, 0) is 14.4 Å². The molecule has 9 heteroatoms. The Hall–Kier alpha value is -3.17. The molecule has 0 radical (unpaired) electrons. The van der Waals surface area contributed by atoms with Gasteiger partial charge in [0.15, 0.2) is 0 Å². The molecule has 0 amide bonds. The number of Topliss-reactive ketones (excluding diaryl/α,β-unsaturated/α-hetero) is 1. The minimum absolute atomic E-state index is 0.0209. The van der Waals surface area contributed by atoms with Crippen LogP contribution in [0, 0.1) is 0 Å². The number of aliphatic hydroxyl groups is 1. The van der Waals surface area contributed by atoms with Gasteiger partial charge in [-0.05, 0) is 49.4 Å². The van der Waals surface area contributed by atoms with Crippen molar-refractivity contribution < 1.29 is 33.8 Å². The Morgan fingerprint density at radius 1 is 1.03 bits per heavy atom. The van der Waals surface area contributed by atoms with Crippen molar-refractivity contribution in [1.82, 2.24) is 0 Å². The highest BCUT2D eigenvalue weighted by Crippen LogP contribution is 2.32. The number of benzene rings is 2. The SMILES string of the molecule is COc1cc(Sc2ccc(C(=O)OCCO)cc2)ccc1C(=O)/C(C)=N/OC(C)=O. The number of esters is 1. The highest BCUT2D eigenvalue weighted by Gasteiger charge is 2.17. The molecule has 0 aliphatic carbocycles. The largest absolute Gasteiger partial charge is 0.496 e. The van der Waals surface area contributed by atoms with Crippen LogP contribution in [0.1, 0.15) is 34.6 Å². The van der Waals surface area contributed by atoms with E-state index < -0.39 is 17.7 Å². The van der Waals surface area contributed by atoms with Gasteiger partial charge in [0.2, 0.25) is 5.78 Å². The number of rotatable bonds is 9. The molecule has 0 atom stereocenters. The van der Waals surface area contributed by atoms with Crippen LogP contribution in [0.4, 0.5) is 0 Å². The highest BCUT2D eigenvalue weighted by molar-refractivity contribution is 7.99. The number of nitrogens with zero attached hydrogens (tertiary/aromatic N) is 1. The first-order valence-corrected chi connectivity index (χ1v) is 9.68. The fourth-order valence-electron chi connectivity index (χ4n) is 2.31. The van der Waals surface area contributed by atoms with Gasteiger partial charge in [-0.2, -0.15) is 0 Å². The molecule has 0 bridgehead atoms. The third kappa shape index (κ3) is 6.43. The Kier molecular flexibility index (Phi) is 8.57. The fourth-order valence-corrected chi connectivity index (χ4v) is 3.15. The number of ether oxygens (including phenoxy) is 2. The summed E-state index contributed by atoms with van der Waals surface area (Å²) in [6, 6.07) is 11.9. The van der Waals surface area contributed by atoms with Crippen molar-refractivity contribution in [2.75, 3.05) is 20.3 Å². The lowest BCUT2D eigenvalue weighted by molar-refractivity contribution is -0.140. The normalized spacial score (nSPS) is 11.0. The van der Waals surface area contributed by atoms with Crippen LogP contribution in [0.25, 0.3) is 0 Å². The number of aliphatic hydroxyl groups excluding tert-OH is 1. The van der Waals surface area contributed by atoms with Gasteiger partial charge < -0.3 is 19.4 Å². The summed E-state index contributed by atoms with van der Waals surface area (Å²) in [6.45, 7) is 2.36. The second-order valence-corrected chi connectivity index (χ2v) is 7.08. The monoisotopic (exact) mass is 431 g/mol. The predicted molar refractivity (Wildman–Crippen MR) is 110 cm³/mol. The number of ketones is 1. The van der Waals surface area contributed by atoms with E-state index in [0.717, 1.165) is 9.79 Å². The van der Waals surface area contributed by atoms with E-state index in [2.05, 4.69) is 9.99 Å². The molecular weight excluding hydrogens is 410 g/mol. The minimum atomic E-state index is -0.617. The summed E-state index contributed by atoms with van der Waals surface area (Å²) in [4.78, 5) is 41.3. The molecular formula is C21H21NO7S. The minimum Gasteiger partial charge on any atom is -0.496 e. The second kappa shape index (κ2) is 11.1. The number of hydrogen-bond donors (Lipinski definition) is 1. The fraction of sp³-hybridized carbons (Fsp3) is 0.238. The van der Waals surface area contributed by atoms with Crippen LogP contribution in [0.3, 0.4) is 0 Å². The molecule has 158 valence electrons. The molecule has 8 nitrogen and oxygen atoms in total. The third-order valence-corrected chi connectivity index (χ3v) is 4.71. The van der Waals surface area contributed by atoms with E-state index in [1.54, 1.807) is 42.5 Å². The maximum Gasteiger partial charge on any atom is 0.338 e. The number of oxime groups is 1. The van der Waals surface area contributed by atoms with E-state index in [-0.39, 0.29) is 24.5 Å². The number of carbonyl (C=O) groups excluding carboxylic acids is 3. The average Bonchev–Trinajstić information content (AvgIpc) is 2.75. The summed E-state index contributed by atoms with van der Waals surface area (Å²) in [5.74, 6) is -1.19. The Morgan fingerprint density at radius 3 is 2.30 bits per heavy atom. The number of carbonyl (C=O) groups is 3. The van der Waals surface area contributed by atoms with Crippen molar-refractivity contribution in [2.24, 2.45) is 5.16 Å². The van der Waals surface area contributed by atoms with Gasteiger partial charge in [-0.3, -0.25) is 4.79 Å². The summed E-state index contributed by atoms with van der Waals surface area (Å²) in [6.07, 6.45) is 0. The van der Waals surface area contributed by atoms with E-state index in [1.807, 2.05) is 0 Å². The Bertz CT molecular complexity index is 954. The first-order valence-electron chi connectivity index (χ1n) is 8.86. The van der Waals surface area contributed by atoms with Gasteiger partial charge in [0, 0.05) is 16.7 Å². The zero-order chi connectivity index (χ0) is 22.1. The molecule has 0 spiro atoms. The number of methoxy groups -OCH3 is 1. The second-order valence-electron chi connectivity index (χ2n) is 5.94. The lowest BCUT2D eigenvalue weighted by Gasteiger charge is -2.10. The maximum absolute atomic E-state index is 12.5. The molecule has 0 aliphatic rings. The molecule has 0 saturated heterocycles. The Labute approximate surface area is 177 Å². The molecule has 2 aromatic rings. The van der Waals surface area contributed by atoms with Crippen LogP contribution in [-0.4, -0.2) is 48.9 Å². The standard InChI is InChI=1S/C21H21NO7S/c1-13(22-29-14(2)24)20(25)18-9-8-17(12-19(18)27-3)30-16-6-4-15(5-7-16)21(26)28-11-10-23/h4-9,12,23H,10-11H2,1-3H3/b22-13+. The van der Waals surface area contributed by atoms with Gasteiger partial charge in [-0.25, -0.2) is 9.59 Å². The average molecular weight is 431 g/mol. The lowest BCUT2D eigenvalue weighted by atomic mass is 10.1. The summed E-state index contributed by atoms with van der Waals surface area (Å²) in [5.41, 5.74) is 0.693. The van der Waals surface area contributed by atoms with Crippen molar-refractivity contribution in [2.45, 2.75) is 23.6 Å². The smallest absolute Gasteiger partial charge is 0.338 e. The van der Waals surface area contributed by atoms with E-state index in [4.69, 9.17) is 14.6 Å². The molecule has 0 heterocycles. The Balaban J connectivity index is 2.14. The van der Waals surface area contributed by atoms with Gasteiger partial charge in [0.25, 0.3) is 0 Å². The molecule has 1 N–H and O–H groups in total. The molecule has 0 fully saturated rings. The van der Waals surface area contributed by atoms with Gasteiger partial charge in [-0.1, -0.05) is 16.9 Å². The lowest BCUT2D eigenvalue weighted by Crippen LogP contribution is -2.13. The van der Waals surface area contributed by atoms with Crippen LogP contribution < -0.4 is 4.74 Å². The van der Waals surface area contributed by atoms with Crippen molar-refractivity contribution in [1.29, 1.82) is 0 Å². The quantitative estimate of drug-likeness (QED) is 0.212. The summed E-state index contributed by atoms with van der Waals surface area (Å²) < 4.78 is 10.2. The zero-order valence-electron chi connectivity index (χ0n) is 16.7. The molecule has 30 heavy (non-hydrogen) atoms. The van der Waals surface area contributed by atoms with Gasteiger partial charge in [0.1, 0.15) is 18.1 Å². The third-order valence-electron chi connectivity index (χ3n) is 3.71. The van der Waals surface area contributed by atoms with Crippen molar-refractivity contribution in [3.05, 3.63) is 53.6 Å². The summed E-state index contributed by atoms with van der Waals surface area (Å²) >= 11 is 1.42. The first kappa shape index (κ1) is 23.1. The topological polar surface area (TPSA) is 111 Å². The van der Waals surface area contributed by atoms with Crippen molar-refractivity contribution in [3.8, 4) is 5.75 Å². The molecule has 2 aromatic carbocycles. The van der Waals surface area contributed by atoms with E-state index in [1.165, 1.54) is 32.7 Å². The van der Waals surface area contributed by atoms with Gasteiger partial charge in [0.05, 0.1) is 24.8 Å². The Morgan fingerprint density at radius 2 is 1.70 bits per heavy atom. The number of hydrogen-bond acceptors (Lipinski definition) is 9. The molecule has 0 aromatic heterocycles. The van der Waals surface area contributed by atoms with Crippen molar-refractivity contribution in [3.63, 3.8) is 0 Å². The first-order chi connectivity index (χ1) is 14.3. The van der Waals surface area contributed by atoms with E-state index >= 15 is 0 Å². The van der Waals surface area contributed by atoms with Gasteiger partial charge >= 0.3 is 11.9 Å². The van der Waals surface area contributed by atoms with Crippen LogP contribution in [0.5, 0.6) is 5.75 Å². The highest BCUT2D eigenvalue weighted by atomic mass is 32.2. The van der Waals surface area contributed by atoms with E-state index in [9.17, 15) is 14.4 Å². The van der Waals surface area contributed by atoms with E-state index in [0.29, 0.717) is 11.3 Å². The zero-order valence-corrected chi connectivity index (χ0v) is 17.5. The maximum atomic E-state index is 12.5. The molecule has 2 rings (SSSR count). The summed E-state index contributed by atoms with van der Waals surface area (Å²) in [5, 5.41) is 12.2. The van der Waals surface area contributed by atoms with Gasteiger partial charge in [-0.15, -0.1) is 0 Å². The van der Waals surface area contributed by atoms with Crippen LogP contribution >= 0.6 is 11.8 Å². The molecule has 0 aliphatic heterocycles. The van der Waals surface area contributed by atoms with Crippen LogP contribution in [0.2, 0.25) is 0 Å². The predicted octanol–water partition coefficient (Wildman–Crippen LogP) is 3.12. The van der Waals surface area contributed by atoms with Crippen LogP contribution in [0.15, 0.2) is 57.4 Å². The van der Waals surface area contributed by atoms with Crippen molar-refractivity contribution >= 4 is 35.2 Å². The summed E-state index contributed by atoms with van der Waals surface area (Å²) in [7, 11) is 1.45. The molecule has 0 saturated carbocycles.